The number of nitrogens with one attached hydrogen (secondary N) is 1. The van der Waals surface area contributed by atoms with E-state index in [-0.39, 0.29) is 10.6 Å². The molecule has 0 saturated heterocycles. The van der Waals surface area contributed by atoms with Gasteiger partial charge in [0.15, 0.2) is 0 Å². The number of nitrogen functional groups attached to an aromatic ring is 1. The lowest BCUT2D eigenvalue weighted by molar-refractivity contribution is 0.400. The normalized spacial score (nSPS) is 16.4. The van der Waals surface area contributed by atoms with Gasteiger partial charge in [0.1, 0.15) is 10.6 Å². The SMILES string of the molecule is COc1ccc(S(=O)(=O)NC(C)(C)C2CC2)c(N)c1. The number of sulfonamides is 1. The van der Waals surface area contributed by atoms with E-state index in [1.165, 1.54) is 19.2 Å². The van der Waals surface area contributed by atoms with Crippen LogP contribution in [0.15, 0.2) is 23.1 Å². The van der Waals surface area contributed by atoms with Crippen LogP contribution < -0.4 is 15.2 Å². The molecule has 0 spiro atoms. The van der Waals surface area contributed by atoms with Crippen molar-refractivity contribution in [1.82, 2.24) is 4.72 Å². The highest BCUT2D eigenvalue weighted by molar-refractivity contribution is 7.89. The fourth-order valence-electron chi connectivity index (χ4n) is 2.19. The quantitative estimate of drug-likeness (QED) is 0.807. The monoisotopic (exact) mass is 284 g/mol. The Balaban J connectivity index is 2.29. The van der Waals surface area contributed by atoms with Crippen LogP contribution in [0.1, 0.15) is 26.7 Å². The summed E-state index contributed by atoms with van der Waals surface area (Å²) in [5, 5.41) is 0. The number of rotatable bonds is 5. The van der Waals surface area contributed by atoms with Gasteiger partial charge in [-0.2, -0.15) is 0 Å². The topological polar surface area (TPSA) is 81.4 Å². The van der Waals surface area contributed by atoms with Crippen molar-refractivity contribution < 1.29 is 13.2 Å². The minimum absolute atomic E-state index is 0.0991. The van der Waals surface area contributed by atoms with Crippen LogP contribution in [0.25, 0.3) is 0 Å². The zero-order valence-corrected chi connectivity index (χ0v) is 12.3. The highest BCUT2D eigenvalue weighted by Crippen LogP contribution is 2.40. The molecule has 0 amide bonds. The molecule has 2 rings (SSSR count). The summed E-state index contributed by atoms with van der Waals surface area (Å²) < 4.78 is 32.5. The van der Waals surface area contributed by atoms with Gasteiger partial charge in [-0.25, -0.2) is 13.1 Å². The first-order chi connectivity index (χ1) is 8.76. The molecule has 0 unspecified atom stereocenters. The number of benzene rings is 1. The van der Waals surface area contributed by atoms with Crippen LogP contribution in [0, 0.1) is 5.92 Å². The van der Waals surface area contributed by atoms with Crippen molar-refractivity contribution in [2.45, 2.75) is 37.1 Å². The fourth-order valence-corrected chi connectivity index (χ4v) is 3.77. The van der Waals surface area contributed by atoms with Crippen molar-refractivity contribution in [3.8, 4) is 5.75 Å². The van der Waals surface area contributed by atoms with Crippen LogP contribution in [0.2, 0.25) is 0 Å². The first-order valence-corrected chi connectivity index (χ1v) is 7.72. The third-order valence-electron chi connectivity index (χ3n) is 3.50. The van der Waals surface area contributed by atoms with Gasteiger partial charge in [-0.1, -0.05) is 0 Å². The summed E-state index contributed by atoms with van der Waals surface area (Å²) in [6, 6.07) is 4.58. The molecule has 3 N–H and O–H groups in total. The van der Waals surface area contributed by atoms with Gasteiger partial charge >= 0.3 is 0 Å². The molecule has 106 valence electrons. The summed E-state index contributed by atoms with van der Waals surface area (Å²) in [6.07, 6.45) is 2.13. The van der Waals surface area contributed by atoms with Crippen molar-refractivity contribution >= 4 is 15.7 Å². The fraction of sp³-hybridized carbons (Fsp3) is 0.538. The lowest BCUT2D eigenvalue weighted by Crippen LogP contribution is -2.45. The average Bonchev–Trinajstić information content (AvgIpc) is 3.10. The van der Waals surface area contributed by atoms with Crippen LogP contribution in [-0.2, 0) is 10.0 Å². The van der Waals surface area contributed by atoms with Gasteiger partial charge in [0.05, 0.1) is 12.8 Å². The van der Waals surface area contributed by atoms with E-state index in [4.69, 9.17) is 10.5 Å². The van der Waals surface area contributed by atoms with Gasteiger partial charge < -0.3 is 10.5 Å². The van der Waals surface area contributed by atoms with E-state index in [1.807, 2.05) is 13.8 Å². The molecule has 19 heavy (non-hydrogen) atoms. The maximum absolute atomic E-state index is 12.4. The molecule has 0 bridgehead atoms. The third kappa shape index (κ3) is 3.01. The molecule has 5 nitrogen and oxygen atoms in total. The van der Waals surface area contributed by atoms with Crippen LogP contribution >= 0.6 is 0 Å². The Kier molecular flexibility index (Phi) is 3.49. The number of ether oxygens (including phenoxy) is 1. The number of hydrogen-bond acceptors (Lipinski definition) is 4. The van der Waals surface area contributed by atoms with Gasteiger partial charge in [0.25, 0.3) is 0 Å². The van der Waals surface area contributed by atoms with E-state index in [0.29, 0.717) is 11.7 Å². The van der Waals surface area contributed by atoms with Crippen molar-refractivity contribution in [1.29, 1.82) is 0 Å². The molecule has 0 radical (unpaired) electrons. The van der Waals surface area contributed by atoms with E-state index in [1.54, 1.807) is 6.07 Å². The summed E-state index contributed by atoms with van der Waals surface area (Å²) >= 11 is 0. The minimum Gasteiger partial charge on any atom is -0.497 e. The zero-order valence-electron chi connectivity index (χ0n) is 11.4. The van der Waals surface area contributed by atoms with Crippen LogP contribution in [0.3, 0.4) is 0 Å². The summed E-state index contributed by atoms with van der Waals surface area (Å²) in [5.41, 5.74) is 5.55. The molecule has 1 aliphatic rings. The summed E-state index contributed by atoms with van der Waals surface area (Å²) in [4.78, 5) is 0.0991. The van der Waals surface area contributed by atoms with E-state index in [9.17, 15) is 8.42 Å². The second kappa shape index (κ2) is 4.68. The predicted octanol–water partition coefficient (Wildman–Crippen LogP) is 1.74. The summed E-state index contributed by atoms with van der Waals surface area (Å²) in [7, 11) is -2.10. The molecule has 1 aromatic rings. The lowest BCUT2D eigenvalue weighted by Gasteiger charge is -2.26. The molecule has 0 heterocycles. The predicted molar refractivity (Wildman–Crippen MR) is 74.5 cm³/mol. The van der Waals surface area contributed by atoms with Crippen molar-refractivity contribution in [2.75, 3.05) is 12.8 Å². The molecule has 0 aromatic heterocycles. The van der Waals surface area contributed by atoms with Crippen LogP contribution in [0.5, 0.6) is 5.75 Å². The number of nitrogens with two attached hydrogens (primary N) is 1. The second-order valence-corrected chi connectivity index (χ2v) is 7.16. The largest absolute Gasteiger partial charge is 0.497 e. The van der Waals surface area contributed by atoms with E-state index in [0.717, 1.165) is 12.8 Å². The van der Waals surface area contributed by atoms with Gasteiger partial charge in [-0.3, -0.25) is 0 Å². The first kappa shape index (κ1) is 14.1. The third-order valence-corrected chi connectivity index (χ3v) is 5.25. The maximum Gasteiger partial charge on any atom is 0.243 e. The number of hydrogen-bond donors (Lipinski definition) is 2. The molecule has 0 aliphatic heterocycles. The van der Waals surface area contributed by atoms with E-state index >= 15 is 0 Å². The lowest BCUT2D eigenvalue weighted by atomic mass is 10.0. The van der Waals surface area contributed by atoms with Crippen molar-refractivity contribution in [3.05, 3.63) is 18.2 Å². The van der Waals surface area contributed by atoms with E-state index < -0.39 is 15.6 Å². The van der Waals surface area contributed by atoms with E-state index in [2.05, 4.69) is 4.72 Å². The van der Waals surface area contributed by atoms with Crippen LogP contribution in [0.4, 0.5) is 5.69 Å². The molecule has 1 aliphatic carbocycles. The van der Waals surface area contributed by atoms with Crippen molar-refractivity contribution in [3.63, 3.8) is 0 Å². The smallest absolute Gasteiger partial charge is 0.243 e. The van der Waals surface area contributed by atoms with Gasteiger partial charge in [-0.05, 0) is 44.7 Å². The molecule has 1 aromatic carbocycles. The average molecular weight is 284 g/mol. The highest BCUT2D eigenvalue weighted by atomic mass is 32.2. The minimum atomic E-state index is -3.61. The molecule has 1 saturated carbocycles. The Hall–Kier alpha value is -1.27. The number of anilines is 1. The Morgan fingerprint density at radius 1 is 1.37 bits per heavy atom. The molecule has 0 atom stereocenters. The van der Waals surface area contributed by atoms with Gasteiger partial charge in [-0.15, -0.1) is 0 Å². The zero-order chi connectivity index (χ0) is 14.3. The molecular weight excluding hydrogens is 264 g/mol. The molecule has 1 fully saturated rings. The Labute approximate surface area is 114 Å². The maximum atomic E-state index is 12.4. The van der Waals surface area contributed by atoms with Crippen LogP contribution in [-0.4, -0.2) is 21.1 Å². The van der Waals surface area contributed by atoms with Crippen molar-refractivity contribution in [2.24, 2.45) is 5.92 Å². The Morgan fingerprint density at radius 3 is 2.47 bits per heavy atom. The summed E-state index contributed by atoms with van der Waals surface area (Å²) in [6.45, 7) is 3.81. The standard InChI is InChI=1S/C13H20N2O3S/c1-13(2,9-4-5-9)15-19(16,17)12-7-6-10(18-3)8-11(12)14/h6-9,15H,4-5,14H2,1-3H3. The Bertz CT molecular complexity index is 578. The molecular formula is C13H20N2O3S. The second-order valence-electron chi connectivity index (χ2n) is 5.51. The first-order valence-electron chi connectivity index (χ1n) is 6.24. The number of methoxy groups -OCH3 is 1. The van der Waals surface area contributed by atoms with Gasteiger partial charge in [0.2, 0.25) is 10.0 Å². The van der Waals surface area contributed by atoms with Gasteiger partial charge in [0, 0.05) is 11.6 Å². The highest BCUT2D eigenvalue weighted by Gasteiger charge is 2.40. The summed E-state index contributed by atoms with van der Waals surface area (Å²) in [5.74, 6) is 0.944. The molecule has 6 heteroatoms. The Morgan fingerprint density at radius 2 is 2.00 bits per heavy atom.